The summed E-state index contributed by atoms with van der Waals surface area (Å²) in [5.41, 5.74) is 0.517. The molecule has 0 aliphatic heterocycles. The largest absolute Gasteiger partial charge is 0.481 e. The Kier molecular flexibility index (Phi) is 5.69. The molecule has 0 aromatic rings. The lowest BCUT2D eigenvalue weighted by molar-refractivity contribution is -0.136. The average molecular weight is 222 g/mol. The number of aliphatic carboxylic acids is 1. The summed E-state index contributed by atoms with van der Waals surface area (Å²) >= 11 is 0. The van der Waals surface area contributed by atoms with E-state index in [-0.39, 0.29) is 12.6 Å². The third kappa shape index (κ3) is 7.98. The first-order valence-electron chi connectivity index (χ1n) is 4.29. The van der Waals surface area contributed by atoms with Gasteiger partial charge in [-0.05, 0) is 6.42 Å². The minimum Gasteiger partial charge on any atom is -0.481 e. The molecule has 0 spiro atoms. The molecule has 0 rings (SSSR count). The minimum atomic E-state index is -4.07. The molecule has 82 valence electrons. The SMILES string of the molecule is CCC/C(=C/CC(=O)O)CP(=O)(O)O. The lowest BCUT2D eigenvalue weighted by Gasteiger charge is -2.07. The highest BCUT2D eigenvalue weighted by Gasteiger charge is 2.15. The van der Waals surface area contributed by atoms with E-state index in [2.05, 4.69) is 0 Å². The summed E-state index contributed by atoms with van der Waals surface area (Å²) < 4.78 is 10.7. The molecule has 0 saturated carbocycles. The first kappa shape index (κ1) is 13.4. The normalized spacial score (nSPS) is 12.9. The van der Waals surface area contributed by atoms with Crippen molar-refractivity contribution in [1.82, 2.24) is 0 Å². The number of hydrogen-bond acceptors (Lipinski definition) is 2. The second-order valence-electron chi connectivity index (χ2n) is 3.03. The van der Waals surface area contributed by atoms with E-state index in [1.165, 1.54) is 6.08 Å². The van der Waals surface area contributed by atoms with Gasteiger partial charge in [0.15, 0.2) is 0 Å². The van der Waals surface area contributed by atoms with Crippen molar-refractivity contribution >= 4 is 13.6 Å². The van der Waals surface area contributed by atoms with Crippen molar-refractivity contribution in [2.75, 3.05) is 6.16 Å². The molecular weight excluding hydrogens is 207 g/mol. The van der Waals surface area contributed by atoms with Crippen LogP contribution in [0.1, 0.15) is 26.2 Å². The van der Waals surface area contributed by atoms with Crippen LogP contribution in [0.5, 0.6) is 0 Å². The molecule has 5 nitrogen and oxygen atoms in total. The van der Waals surface area contributed by atoms with Crippen molar-refractivity contribution in [2.24, 2.45) is 0 Å². The molecule has 6 heteroatoms. The number of hydrogen-bond donors (Lipinski definition) is 3. The van der Waals surface area contributed by atoms with E-state index in [0.717, 1.165) is 6.42 Å². The van der Waals surface area contributed by atoms with E-state index in [0.29, 0.717) is 12.0 Å². The second-order valence-corrected chi connectivity index (χ2v) is 4.68. The zero-order chi connectivity index (χ0) is 11.2. The van der Waals surface area contributed by atoms with Gasteiger partial charge in [0.25, 0.3) is 0 Å². The molecule has 14 heavy (non-hydrogen) atoms. The van der Waals surface area contributed by atoms with Gasteiger partial charge in [0.05, 0.1) is 12.6 Å². The first-order valence-corrected chi connectivity index (χ1v) is 6.09. The highest BCUT2D eigenvalue weighted by atomic mass is 31.2. The molecule has 0 atom stereocenters. The molecule has 0 aliphatic rings. The minimum absolute atomic E-state index is 0.185. The van der Waals surface area contributed by atoms with Crippen LogP contribution in [0.2, 0.25) is 0 Å². The molecule has 0 unspecified atom stereocenters. The Morgan fingerprint density at radius 3 is 2.36 bits per heavy atom. The van der Waals surface area contributed by atoms with Gasteiger partial charge >= 0.3 is 13.6 Å². The van der Waals surface area contributed by atoms with Gasteiger partial charge in [0.1, 0.15) is 0 Å². The van der Waals surface area contributed by atoms with Crippen LogP contribution < -0.4 is 0 Å². The van der Waals surface area contributed by atoms with Crippen LogP contribution in [0.25, 0.3) is 0 Å². The summed E-state index contributed by atoms with van der Waals surface area (Å²) in [7, 11) is -4.07. The van der Waals surface area contributed by atoms with E-state index < -0.39 is 13.6 Å². The number of carboxylic acid groups (broad SMARTS) is 1. The van der Waals surface area contributed by atoms with Gasteiger partial charge in [-0.1, -0.05) is 25.0 Å². The average Bonchev–Trinajstić information content (AvgIpc) is 1.98. The Hall–Kier alpha value is -0.640. The van der Waals surface area contributed by atoms with Crippen LogP contribution in [-0.4, -0.2) is 27.0 Å². The molecule has 0 heterocycles. The Bertz CT molecular complexity index is 265. The van der Waals surface area contributed by atoms with Crippen LogP contribution in [0.15, 0.2) is 11.6 Å². The molecular formula is C8H15O5P. The quantitative estimate of drug-likeness (QED) is 0.466. The topological polar surface area (TPSA) is 94.8 Å². The number of carbonyl (C=O) groups is 1. The molecule has 0 amide bonds. The zero-order valence-electron chi connectivity index (χ0n) is 8.01. The molecule has 0 aromatic carbocycles. The third-order valence-electron chi connectivity index (χ3n) is 1.55. The van der Waals surface area contributed by atoms with Gasteiger partial charge in [-0.15, -0.1) is 0 Å². The van der Waals surface area contributed by atoms with Crippen LogP contribution in [-0.2, 0) is 9.36 Å². The fraction of sp³-hybridized carbons (Fsp3) is 0.625. The van der Waals surface area contributed by atoms with E-state index in [4.69, 9.17) is 14.9 Å². The maximum absolute atomic E-state index is 10.7. The van der Waals surface area contributed by atoms with Crippen LogP contribution >= 0.6 is 7.60 Å². The fourth-order valence-electron chi connectivity index (χ4n) is 1.06. The van der Waals surface area contributed by atoms with E-state index in [9.17, 15) is 9.36 Å². The molecule has 0 fully saturated rings. The standard InChI is InChI=1S/C8H15O5P/c1-2-3-7(4-5-8(9)10)6-14(11,12)13/h4H,2-3,5-6H2,1H3,(H,9,10)(H2,11,12,13)/b7-4-. The Morgan fingerprint density at radius 1 is 1.43 bits per heavy atom. The maximum Gasteiger partial charge on any atom is 0.329 e. The molecule has 0 radical (unpaired) electrons. The first-order chi connectivity index (χ1) is 6.35. The lowest BCUT2D eigenvalue weighted by Crippen LogP contribution is -1.97. The van der Waals surface area contributed by atoms with Gasteiger partial charge in [0.2, 0.25) is 0 Å². The second kappa shape index (κ2) is 5.96. The smallest absolute Gasteiger partial charge is 0.329 e. The molecule has 0 bridgehead atoms. The van der Waals surface area contributed by atoms with Gasteiger partial charge < -0.3 is 14.9 Å². The fourth-order valence-corrected chi connectivity index (χ4v) is 1.88. The van der Waals surface area contributed by atoms with Gasteiger partial charge in [0, 0.05) is 0 Å². The summed E-state index contributed by atoms with van der Waals surface area (Å²) in [6.07, 6.45) is 2.12. The lowest BCUT2D eigenvalue weighted by atomic mass is 10.1. The number of carboxylic acids is 1. The Morgan fingerprint density at radius 2 is 2.00 bits per heavy atom. The van der Waals surface area contributed by atoms with Gasteiger partial charge in [-0.2, -0.15) is 0 Å². The summed E-state index contributed by atoms with van der Waals surface area (Å²) in [6, 6.07) is 0. The van der Waals surface area contributed by atoms with Crippen molar-refractivity contribution in [3.05, 3.63) is 11.6 Å². The molecule has 0 aliphatic carbocycles. The van der Waals surface area contributed by atoms with Crippen molar-refractivity contribution < 1.29 is 24.3 Å². The summed E-state index contributed by atoms with van der Waals surface area (Å²) in [5, 5.41) is 8.39. The van der Waals surface area contributed by atoms with Crippen molar-refractivity contribution in [3.8, 4) is 0 Å². The molecule has 0 aromatic heterocycles. The van der Waals surface area contributed by atoms with E-state index in [1.807, 2.05) is 6.92 Å². The number of rotatable bonds is 6. The van der Waals surface area contributed by atoms with Gasteiger partial charge in [-0.3, -0.25) is 9.36 Å². The van der Waals surface area contributed by atoms with E-state index >= 15 is 0 Å². The Balaban J connectivity index is 4.35. The van der Waals surface area contributed by atoms with Crippen LogP contribution in [0.4, 0.5) is 0 Å². The Labute approximate surface area is 82.6 Å². The predicted octanol–water partition coefficient (Wildman–Crippen LogP) is 1.37. The third-order valence-corrected chi connectivity index (χ3v) is 2.36. The van der Waals surface area contributed by atoms with Crippen molar-refractivity contribution in [2.45, 2.75) is 26.2 Å². The molecule has 3 N–H and O–H groups in total. The zero-order valence-corrected chi connectivity index (χ0v) is 8.91. The monoisotopic (exact) mass is 222 g/mol. The number of allylic oxidation sites excluding steroid dienone is 1. The highest BCUT2D eigenvalue weighted by Crippen LogP contribution is 2.37. The maximum atomic E-state index is 10.7. The van der Waals surface area contributed by atoms with Crippen LogP contribution in [0, 0.1) is 0 Å². The van der Waals surface area contributed by atoms with E-state index in [1.54, 1.807) is 0 Å². The molecule has 0 saturated heterocycles. The summed E-state index contributed by atoms with van der Waals surface area (Å²) in [5.74, 6) is -0.996. The predicted molar refractivity (Wildman–Crippen MR) is 52.2 cm³/mol. The van der Waals surface area contributed by atoms with Crippen molar-refractivity contribution in [1.29, 1.82) is 0 Å². The summed E-state index contributed by atoms with van der Waals surface area (Å²) in [4.78, 5) is 27.6. The highest BCUT2D eigenvalue weighted by molar-refractivity contribution is 7.52. The van der Waals surface area contributed by atoms with Crippen LogP contribution in [0.3, 0.4) is 0 Å². The van der Waals surface area contributed by atoms with Gasteiger partial charge in [-0.25, -0.2) is 0 Å². The summed E-state index contributed by atoms with van der Waals surface area (Å²) in [6.45, 7) is 1.87. The van der Waals surface area contributed by atoms with Crippen molar-refractivity contribution in [3.63, 3.8) is 0 Å².